The number of amides is 1. The van der Waals surface area contributed by atoms with E-state index in [-0.39, 0.29) is 0 Å². The molecule has 0 aromatic heterocycles. The largest absolute Gasteiger partial charge is 0.440 e. The summed E-state index contributed by atoms with van der Waals surface area (Å²) in [6, 6.07) is 9.25. The Morgan fingerprint density at radius 1 is 1.50 bits per heavy atom. The number of carbonyl (C=O) groups is 1. The summed E-state index contributed by atoms with van der Waals surface area (Å²) in [6.45, 7) is 0. The lowest BCUT2D eigenvalue weighted by Gasteiger charge is -2.13. The topological polar surface area (TPSA) is 52.3 Å². The van der Waals surface area contributed by atoms with Crippen LogP contribution in [0.2, 0.25) is 0 Å². The molecule has 3 nitrogen and oxygen atoms in total. The van der Waals surface area contributed by atoms with Crippen molar-refractivity contribution in [2.75, 3.05) is 0 Å². The molecule has 72 valence electrons. The zero-order valence-corrected chi connectivity index (χ0v) is 7.64. The Balaban J connectivity index is 2.78. The van der Waals surface area contributed by atoms with Gasteiger partial charge >= 0.3 is 6.09 Å². The molecular weight excluding hydrogens is 178 g/mol. The maximum atomic E-state index is 10.6. The molecule has 14 heavy (non-hydrogen) atoms. The molecule has 0 aliphatic carbocycles. The lowest BCUT2D eigenvalue weighted by molar-refractivity contribution is 0.109. The molecule has 1 aromatic carbocycles. The minimum atomic E-state index is -0.811. The predicted molar refractivity (Wildman–Crippen MR) is 53.3 cm³/mol. The van der Waals surface area contributed by atoms with Crippen LogP contribution in [0.15, 0.2) is 30.3 Å². The van der Waals surface area contributed by atoms with E-state index < -0.39 is 12.2 Å². The number of ether oxygens (including phenoxy) is 1. The van der Waals surface area contributed by atoms with Gasteiger partial charge in [0.05, 0.1) is 6.42 Å². The summed E-state index contributed by atoms with van der Waals surface area (Å²) in [6.07, 6.45) is 4.23. The maximum absolute atomic E-state index is 10.6. The summed E-state index contributed by atoms with van der Waals surface area (Å²) >= 11 is 0. The Bertz CT molecular complexity index is 340. The van der Waals surface area contributed by atoms with Crippen LogP contribution in [-0.4, -0.2) is 6.09 Å². The molecule has 0 radical (unpaired) electrons. The SMILES string of the molecule is C#CCC(OC(N)=O)c1ccccc1. The Kier molecular flexibility index (Phi) is 3.57. The number of nitrogens with two attached hydrogens (primary N) is 1. The van der Waals surface area contributed by atoms with Crippen LogP contribution >= 0.6 is 0 Å². The molecular formula is C11H11NO2. The highest BCUT2D eigenvalue weighted by Gasteiger charge is 2.12. The van der Waals surface area contributed by atoms with Gasteiger partial charge < -0.3 is 10.5 Å². The first-order chi connectivity index (χ1) is 6.74. The van der Waals surface area contributed by atoms with Crippen molar-refractivity contribution in [1.29, 1.82) is 0 Å². The molecule has 0 spiro atoms. The van der Waals surface area contributed by atoms with Crippen molar-refractivity contribution in [2.24, 2.45) is 5.73 Å². The van der Waals surface area contributed by atoms with E-state index in [1.165, 1.54) is 0 Å². The highest BCUT2D eigenvalue weighted by molar-refractivity contribution is 5.65. The molecule has 0 saturated heterocycles. The predicted octanol–water partition coefficient (Wildman–Crippen LogP) is 1.85. The molecule has 1 aromatic rings. The zero-order valence-electron chi connectivity index (χ0n) is 7.64. The smallest absolute Gasteiger partial charge is 0.405 e. The molecule has 0 aliphatic heterocycles. The van der Waals surface area contributed by atoms with E-state index in [4.69, 9.17) is 16.9 Å². The zero-order chi connectivity index (χ0) is 10.4. The van der Waals surface area contributed by atoms with Crippen LogP contribution in [-0.2, 0) is 4.74 Å². The van der Waals surface area contributed by atoms with Gasteiger partial charge in [0.1, 0.15) is 6.10 Å². The number of terminal acetylenes is 1. The highest BCUT2D eigenvalue weighted by atomic mass is 16.6. The normalized spacial score (nSPS) is 11.4. The first kappa shape index (κ1) is 10.1. The van der Waals surface area contributed by atoms with Gasteiger partial charge in [-0.2, -0.15) is 0 Å². The number of hydrogen-bond donors (Lipinski definition) is 1. The van der Waals surface area contributed by atoms with E-state index in [1.807, 2.05) is 30.3 Å². The van der Waals surface area contributed by atoms with Crippen LogP contribution in [0.3, 0.4) is 0 Å². The van der Waals surface area contributed by atoms with E-state index >= 15 is 0 Å². The summed E-state index contributed by atoms with van der Waals surface area (Å²) in [4.78, 5) is 10.6. The first-order valence-corrected chi connectivity index (χ1v) is 4.18. The third-order valence-electron chi connectivity index (χ3n) is 1.73. The van der Waals surface area contributed by atoms with Crippen LogP contribution in [0.5, 0.6) is 0 Å². The molecule has 3 heteroatoms. The van der Waals surface area contributed by atoms with Gasteiger partial charge in [0.15, 0.2) is 0 Å². The molecule has 1 amide bonds. The van der Waals surface area contributed by atoms with Crippen molar-refractivity contribution >= 4 is 6.09 Å². The van der Waals surface area contributed by atoms with Gasteiger partial charge in [-0.15, -0.1) is 12.3 Å². The molecule has 0 saturated carbocycles. The van der Waals surface area contributed by atoms with Gasteiger partial charge in [-0.05, 0) is 5.56 Å². The van der Waals surface area contributed by atoms with Gasteiger partial charge in [0.25, 0.3) is 0 Å². The molecule has 0 heterocycles. The van der Waals surface area contributed by atoms with E-state index in [2.05, 4.69) is 5.92 Å². The van der Waals surface area contributed by atoms with Crippen LogP contribution in [0.1, 0.15) is 18.1 Å². The summed E-state index contributed by atoms with van der Waals surface area (Å²) < 4.78 is 4.87. The van der Waals surface area contributed by atoms with Crippen molar-refractivity contribution in [3.05, 3.63) is 35.9 Å². The summed E-state index contributed by atoms with van der Waals surface area (Å²) in [5.74, 6) is 2.44. The third kappa shape index (κ3) is 2.83. The molecule has 1 atom stereocenters. The fourth-order valence-electron chi connectivity index (χ4n) is 1.14. The van der Waals surface area contributed by atoms with Gasteiger partial charge in [0, 0.05) is 0 Å². The summed E-state index contributed by atoms with van der Waals surface area (Å²) in [5, 5.41) is 0. The van der Waals surface area contributed by atoms with Crippen molar-refractivity contribution in [3.63, 3.8) is 0 Å². The average molecular weight is 189 g/mol. The number of benzene rings is 1. The van der Waals surface area contributed by atoms with Crippen LogP contribution in [0, 0.1) is 12.3 Å². The Labute approximate surface area is 82.9 Å². The molecule has 1 unspecified atom stereocenters. The standard InChI is InChI=1S/C11H11NO2/c1-2-6-10(14-11(12)13)9-7-4-3-5-8-9/h1,3-5,7-8,10H,6H2,(H2,12,13). The minimum Gasteiger partial charge on any atom is -0.440 e. The van der Waals surface area contributed by atoms with Gasteiger partial charge in [0.2, 0.25) is 0 Å². The van der Waals surface area contributed by atoms with Crippen molar-refractivity contribution in [2.45, 2.75) is 12.5 Å². The molecule has 2 N–H and O–H groups in total. The quantitative estimate of drug-likeness (QED) is 0.737. The van der Waals surface area contributed by atoms with E-state index in [1.54, 1.807) is 0 Å². The lowest BCUT2D eigenvalue weighted by atomic mass is 10.1. The second kappa shape index (κ2) is 4.93. The van der Waals surface area contributed by atoms with Crippen LogP contribution in [0.4, 0.5) is 4.79 Å². The Morgan fingerprint density at radius 3 is 2.64 bits per heavy atom. The lowest BCUT2D eigenvalue weighted by Crippen LogP contribution is -2.17. The van der Waals surface area contributed by atoms with E-state index in [9.17, 15) is 4.79 Å². The van der Waals surface area contributed by atoms with Gasteiger partial charge in [-0.25, -0.2) is 4.79 Å². The second-order valence-electron chi connectivity index (χ2n) is 2.74. The summed E-state index contributed by atoms with van der Waals surface area (Å²) in [5.41, 5.74) is 5.78. The van der Waals surface area contributed by atoms with Crippen LogP contribution < -0.4 is 5.73 Å². The maximum Gasteiger partial charge on any atom is 0.405 e. The van der Waals surface area contributed by atoms with E-state index in [0.717, 1.165) is 5.56 Å². The number of hydrogen-bond acceptors (Lipinski definition) is 2. The Hall–Kier alpha value is -1.95. The van der Waals surface area contributed by atoms with Crippen LogP contribution in [0.25, 0.3) is 0 Å². The number of rotatable bonds is 3. The summed E-state index contributed by atoms with van der Waals surface area (Å²) in [7, 11) is 0. The Morgan fingerprint density at radius 2 is 2.14 bits per heavy atom. The third-order valence-corrected chi connectivity index (χ3v) is 1.73. The average Bonchev–Trinajstić information content (AvgIpc) is 2.18. The van der Waals surface area contributed by atoms with Crippen molar-refractivity contribution in [3.8, 4) is 12.3 Å². The molecule has 1 rings (SSSR count). The fourth-order valence-corrected chi connectivity index (χ4v) is 1.14. The monoisotopic (exact) mass is 189 g/mol. The second-order valence-corrected chi connectivity index (χ2v) is 2.74. The fraction of sp³-hybridized carbons (Fsp3) is 0.182. The van der Waals surface area contributed by atoms with Crippen molar-refractivity contribution < 1.29 is 9.53 Å². The van der Waals surface area contributed by atoms with E-state index in [0.29, 0.717) is 6.42 Å². The molecule has 0 fully saturated rings. The number of carbonyl (C=O) groups excluding carboxylic acids is 1. The minimum absolute atomic E-state index is 0.326. The molecule has 0 aliphatic rings. The molecule has 0 bridgehead atoms. The first-order valence-electron chi connectivity index (χ1n) is 4.18. The van der Waals surface area contributed by atoms with Gasteiger partial charge in [-0.1, -0.05) is 30.3 Å². The number of primary amides is 1. The van der Waals surface area contributed by atoms with Gasteiger partial charge in [-0.3, -0.25) is 0 Å². The highest BCUT2D eigenvalue weighted by Crippen LogP contribution is 2.19. The van der Waals surface area contributed by atoms with Crippen molar-refractivity contribution in [1.82, 2.24) is 0 Å².